The molecule has 2 fully saturated rings. The van der Waals surface area contributed by atoms with Crippen LogP contribution in [0.25, 0.3) is 22.1 Å². The van der Waals surface area contributed by atoms with E-state index in [1.54, 1.807) is 30.3 Å². The smallest absolute Gasteiger partial charge is 0.287 e. The van der Waals surface area contributed by atoms with Crippen molar-refractivity contribution in [3.63, 3.8) is 0 Å². The largest absolute Gasteiger partial charge is 0.451 e. The minimum Gasteiger partial charge on any atom is -0.451 e. The van der Waals surface area contributed by atoms with Crippen molar-refractivity contribution in [3.8, 4) is 11.1 Å². The number of halogens is 2. The van der Waals surface area contributed by atoms with Gasteiger partial charge in [-0.25, -0.2) is 8.78 Å². The van der Waals surface area contributed by atoms with E-state index in [1.165, 1.54) is 12.1 Å². The van der Waals surface area contributed by atoms with Crippen LogP contribution in [0.1, 0.15) is 68.0 Å². The number of furan rings is 1. The van der Waals surface area contributed by atoms with Crippen LogP contribution < -0.4 is 11.1 Å². The van der Waals surface area contributed by atoms with Gasteiger partial charge in [0.2, 0.25) is 11.6 Å². The van der Waals surface area contributed by atoms with Crippen LogP contribution in [0.5, 0.6) is 0 Å². The van der Waals surface area contributed by atoms with E-state index in [1.807, 2.05) is 18.0 Å². The molecule has 2 aliphatic carbocycles. The first-order chi connectivity index (χ1) is 17.9. The van der Waals surface area contributed by atoms with Gasteiger partial charge in [-0.2, -0.15) is 0 Å². The lowest BCUT2D eigenvalue weighted by Crippen LogP contribution is -2.61. The zero-order valence-corrected chi connectivity index (χ0v) is 21.6. The van der Waals surface area contributed by atoms with Crippen LogP contribution in [0.4, 0.5) is 8.78 Å². The molecule has 2 aromatic carbocycles. The second-order valence-corrected chi connectivity index (χ2v) is 11.0. The summed E-state index contributed by atoms with van der Waals surface area (Å²) in [5, 5.41) is 13.6. The molecule has 4 N–H and O–H groups in total. The first-order valence-corrected chi connectivity index (χ1v) is 13.0. The highest BCUT2D eigenvalue weighted by molar-refractivity contribution is 6.00. The molecule has 0 saturated heterocycles. The van der Waals surface area contributed by atoms with Gasteiger partial charge in [0, 0.05) is 23.5 Å². The Morgan fingerprint density at radius 3 is 2.26 bits per heavy atom. The Bertz CT molecular complexity index is 1360. The average molecular weight is 526 g/mol. The summed E-state index contributed by atoms with van der Waals surface area (Å²) >= 11 is 0. The zero-order chi connectivity index (χ0) is 27.3. The number of hydrogen-bond acceptors (Lipinski definition) is 5. The topological polar surface area (TPSA) is 109 Å². The van der Waals surface area contributed by atoms with Crippen LogP contribution in [0.15, 0.2) is 52.9 Å². The van der Waals surface area contributed by atoms with Gasteiger partial charge < -0.3 is 19.7 Å². The van der Waals surface area contributed by atoms with Gasteiger partial charge in [0.1, 0.15) is 11.1 Å². The van der Waals surface area contributed by atoms with Crippen LogP contribution in [-0.2, 0) is 10.5 Å². The number of likely N-dealkylation sites (N-methyl/N-ethyl adjacent to an activating group) is 1. The highest BCUT2D eigenvalue weighted by atomic mass is 19.3. The van der Waals surface area contributed by atoms with Gasteiger partial charge in [0.25, 0.3) is 12.3 Å². The fourth-order valence-corrected chi connectivity index (χ4v) is 5.29. The van der Waals surface area contributed by atoms with Crippen molar-refractivity contribution in [2.75, 3.05) is 7.05 Å². The molecule has 7 nitrogen and oxygen atoms in total. The second kappa shape index (κ2) is 9.47. The summed E-state index contributed by atoms with van der Waals surface area (Å²) in [5.41, 5.74) is 3.36. The standard InChI is InChI=1S/C29H33F2N3O4/c1-27(14-15-27)34(2)26(36)28(12-4-3-5-13-28)33-24(35)23-17-20-7-6-19(16-22(20)38-23)18-8-10-21(11-9-18)29(32,37)25(30)31/h6-11,16-17,25,37H,3-5,12-15,32H2,1-2H3,(H,33,35)/t29-/m1/s1. The van der Waals surface area contributed by atoms with Crippen LogP contribution in [0.2, 0.25) is 0 Å². The summed E-state index contributed by atoms with van der Waals surface area (Å²) in [6.07, 6.45) is 2.78. The molecule has 202 valence electrons. The fourth-order valence-electron chi connectivity index (χ4n) is 5.29. The number of benzene rings is 2. The van der Waals surface area contributed by atoms with Gasteiger partial charge in [0.15, 0.2) is 5.76 Å². The Hall–Kier alpha value is -3.30. The molecule has 5 rings (SSSR count). The van der Waals surface area contributed by atoms with E-state index in [0.717, 1.165) is 43.1 Å². The third-order valence-corrected chi connectivity index (χ3v) is 8.31. The average Bonchev–Trinajstić information content (AvgIpc) is 3.51. The van der Waals surface area contributed by atoms with Gasteiger partial charge >= 0.3 is 0 Å². The van der Waals surface area contributed by atoms with Crippen molar-refractivity contribution >= 4 is 22.8 Å². The molecule has 1 atom stereocenters. The van der Waals surface area contributed by atoms with E-state index < -0.39 is 23.6 Å². The molecule has 1 aromatic heterocycles. The molecule has 9 heteroatoms. The van der Waals surface area contributed by atoms with Gasteiger partial charge in [-0.1, -0.05) is 55.7 Å². The molecule has 0 spiro atoms. The molecule has 1 heterocycles. The lowest BCUT2D eigenvalue weighted by molar-refractivity contribution is -0.140. The first-order valence-electron chi connectivity index (χ1n) is 13.0. The number of amides is 2. The normalized spacial score (nSPS) is 19.7. The number of fused-ring (bicyclic) bond motifs is 1. The Balaban J connectivity index is 1.37. The van der Waals surface area contributed by atoms with Crippen LogP contribution in [0, 0.1) is 0 Å². The SMILES string of the molecule is CN(C(=O)C1(NC(=O)c2cc3ccc(-c4ccc([C@@](N)(O)C(F)F)cc4)cc3o2)CCCCC1)C1(C)CC1. The van der Waals surface area contributed by atoms with Crippen LogP contribution >= 0.6 is 0 Å². The molecule has 0 unspecified atom stereocenters. The lowest BCUT2D eigenvalue weighted by Gasteiger charge is -2.41. The molecule has 2 aliphatic rings. The summed E-state index contributed by atoms with van der Waals surface area (Å²) in [4.78, 5) is 28.7. The molecule has 38 heavy (non-hydrogen) atoms. The number of nitrogens with zero attached hydrogens (tertiary/aromatic N) is 1. The Morgan fingerprint density at radius 1 is 1.03 bits per heavy atom. The number of alkyl halides is 2. The van der Waals surface area contributed by atoms with E-state index >= 15 is 0 Å². The first kappa shape index (κ1) is 26.3. The Morgan fingerprint density at radius 2 is 1.66 bits per heavy atom. The number of rotatable bonds is 7. The number of nitrogens with one attached hydrogen (secondary N) is 1. The lowest BCUT2D eigenvalue weighted by atomic mass is 9.80. The molecular weight excluding hydrogens is 492 g/mol. The summed E-state index contributed by atoms with van der Waals surface area (Å²) in [6, 6.07) is 12.9. The van der Waals surface area contributed by atoms with E-state index in [0.29, 0.717) is 24.0 Å². The molecular formula is C29H33F2N3O4. The fraction of sp³-hybridized carbons (Fsp3) is 0.448. The minimum absolute atomic E-state index is 0.0383. The number of carbonyl (C=O) groups is 2. The predicted octanol–water partition coefficient (Wildman–Crippen LogP) is 4.91. The van der Waals surface area contributed by atoms with E-state index in [2.05, 4.69) is 12.2 Å². The molecule has 0 bridgehead atoms. The highest BCUT2D eigenvalue weighted by Gasteiger charge is 2.51. The third-order valence-electron chi connectivity index (χ3n) is 8.31. The van der Waals surface area contributed by atoms with Crippen LogP contribution in [0.3, 0.4) is 0 Å². The van der Waals surface area contributed by atoms with Crippen molar-refractivity contribution in [2.24, 2.45) is 5.73 Å². The maximum absolute atomic E-state index is 13.6. The maximum atomic E-state index is 13.6. The molecule has 2 amide bonds. The van der Waals surface area contributed by atoms with Gasteiger partial charge in [0.05, 0.1) is 0 Å². The molecule has 3 aromatic rings. The van der Waals surface area contributed by atoms with Crippen molar-refractivity contribution in [2.45, 2.75) is 75.1 Å². The van der Waals surface area contributed by atoms with Crippen molar-refractivity contribution in [3.05, 3.63) is 59.9 Å². The quantitative estimate of drug-likeness (QED) is 0.380. The zero-order valence-electron chi connectivity index (χ0n) is 21.6. The van der Waals surface area contributed by atoms with Crippen LogP contribution in [-0.4, -0.2) is 46.4 Å². The monoisotopic (exact) mass is 525 g/mol. The van der Waals surface area contributed by atoms with E-state index in [-0.39, 0.29) is 22.8 Å². The number of carbonyl (C=O) groups excluding carboxylic acids is 2. The van der Waals surface area contributed by atoms with E-state index in [9.17, 15) is 23.5 Å². The van der Waals surface area contributed by atoms with Gasteiger partial charge in [-0.15, -0.1) is 0 Å². The van der Waals surface area contributed by atoms with Crippen molar-refractivity contribution in [1.29, 1.82) is 0 Å². The van der Waals surface area contributed by atoms with E-state index in [4.69, 9.17) is 10.2 Å². The predicted molar refractivity (Wildman–Crippen MR) is 139 cm³/mol. The summed E-state index contributed by atoms with van der Waals surface area (Å²) < 4.78 is 32.0. The van der Waals surface area contributed by atoms with Gasteiger partial charge in [-0.3, -0.25) is 15.3 Å². The summed E-state index contributed by atoms with van der Waals surface area (Å²) in [6.45, 7) is 2.07. The molecule has 0 radical (unpaired) electrons. The second-order valence-electron chi connectivity index (χ2n) is 11.0. The third kappa shape index (κ3) is 4.69. The number of nitrogens with two attached hydrogens (primary N) is 1. The molecule has 0 aliphatic heterocycles. The van der Waals surface area contributed by atoms with Gasteiger partial charge in [-0.05, 0) is 55.9 Å². The summed E-state index contributed by atoms with van der Waals surface area (Å²) in [7, 11) is 1.83. The summed E-state index contributed by atoms with van der Waals surface area (Å²) in [5.74, 6) is -0.342. The number of aliphatic hydroxyl groups is 1. The maximum Gasteiger partial charge on any atom is 0.287 e. The van der Waals surface area contributed by atoms with Crippen molar-refractivity contribution in [1.82, 2.24) is 10.2 Å². The molecule has 2 saturated carbocycles. The Labute approximate surface area is 220 Å². The van der Waals surface area contributed by atoms with Crippen molar-refractivity contribution < 1.29 is 27.9 Å². The number of hydrogen-bond donors (Lipinski definition) is 3. The minimum atomic E-state index is -3.13. The Kier molecular flexibility index (Phi) is 6.55. The highest BCUT2D eigenvalue weighted by Crippen LogP contribution is 2.43.